The average molecular weight is 499 g/mol. The lowest BCUT2D eigenvalue weighted by atomic mass is 10.1. The molecule has 1 aliphatic rings. The number of nitrogens with one attached hydrogen (secondary N) is 2. The van der Waals surface area contributed by atoms with Crippen molar-refractivity contribution in [3.05, 3.63) is 40.1 Å². The first kappa shape index (κ1) is 26.3. The minimum absolute atomic E-state index is 0.107. The van der Waals surface area contributed by atoms with Gasteiger partial charge in [-0.2, -0.15) is 18.3 Å². The summed E-state index contributed by atoms with van der Waals surface area (Å²) in [5.41, 5.74) is -0.334. The normalized spacial score (nSPS) is 16.2. The highest BCUT2D eigenvalue weighted by molar-refractivity contribution is 5.76. The molecular formula is C21H28F3N7O4. The predicted molar refractivity (Wildman–Crippen MR) is 120 cm³/mol. The molecule has 0 radical (unpaired) electrons. The van der Waals surface area contributed by atoms with Crippen LogP contribution in [0.2, 0.25) is 0 Å². The Bertz CT molecular complexity index is 1040. The van der Waals surface area contributed by atoms with E-state index in [4.69, 9.17) is 4.74 Å². The summed E-state index contributed by atoms with van der Waals surface area (Å²) in [6, 6.07) is -0.514. The number of amides is 1. The van der Waals surface area contributed by atoms with E-state index < -0.39 is 23.9 Å². The van der Waals surface area contributed by atoms with Crippen LogP contribution in [0.1, 0.15) is 24.5 Å². The number of hydrogen-bond donors (Lipinski definition) is 3. The molecule has 0 aliphatic carbocycles. The van der Waals surface area contributed by atoms with Gasteiger partial charge < -0.3 is 25.0 Å². The zero-order valence-electron chi connectivity index (χ0n) is 19.4. The fraction of sp³-hybridized carbons (Fsp3) is 0.571. The van der Waals surface area contributed by atoms with Crippen molar-refractivity contribution in [1.29, 1.82) is 0 Å². The molecule has 1 aliphatic heterocycles. The standard InChI is InChI=1S/C21H28F3N7O4/c1-13-16(11-27-29-19(13)34)28-17(14(2)32)12-35-8-3-18(33)30-4-6-31(7-5-30)20-25-9-15(10-26-20)21(22,23)24/h9-11,14,17,32H,3-8,12H2,1-2H3,(H2,28,29,34)/t14?,17-/m1/s1. The molecule has 1 amide bonds. The maximum atomic E-state index is 12.7. The Balaban J connectivity index is 1.41. The van der Waals surface area contributed by atoms with Gasteiger partial charge in [-0.15, -0.1) is 0 Å². The number of ether oxygens (including phenoxy) is 1. The molecule has 192 valence electrons. The van der Waals surface area contributed by atoms with Gasteiger partial charge in [0.15, 0.2) is 0 Å². The van der Waals surface area contributed by atoms with Gasteiger partial charge in [0.05, 0.1) is 49.2 Å². The number of carbonyl (C=O) groups excluding carboxylic acids is 1. The van der Waals surface area contributed by atoms with Crippen molar-refractivity contribution in [3.63, 3.8) is 0 Å². The Labute approximate surface area is 199 Å². The molecular weight excluding hydrogens is 471 g/mol. The molecule has 14 heteroatoms. The van der Waals surface area contributed by atoms with Gasteiger partial charge in [-0.25, -0.2) is 15.1 Å². The third-order valence-electron chi connectivity index (χ3n) is 5.67. The maximum Gasteiger partial charge on any atom is 0.419 e. The summed E-state index contributed by atoms with van der Waals surface area (Å²) in [4.78, 5) is 35.2. The predicted octanol–water partition coefficient (Wildman–Crippen LogP) is 0.804. The van der Waals surface area contributed by atoms with Gasteiger partial charge in [-0.1, -0.05) is 0 Å². The Morgan fingerprint density at radius 2 is 1.89 bits per heavy atom. The lowest BCUT2D eigenvalue weighted by molar-refractivity contribution is -0.138. The van der Waals surface area contributed by atoms with Crippen LogP contribution in [0.25, 0.3) is 0 Å². The number of nitrogens with zero attached hydrogens (tertiary/aromatic N) is 5. The van der Waals surface area contributed by atoms with Crippen LogP contribution in [-0.2, 0) is 15.7 Å². The number of piperazine rings is 1. The first-order chi connectivity index (χ1) is 16.6. The third kappa shape index (κ3) is 7.11. The minimum atomic E-state index is -4.49. The summed E-state index contributed by atoms with van der Waals surface area (Å²) in [7, 11) is 0. The Hall–Kier alpha value is -3.26. The summed E-state index contributed by atoms with van der Waals surface area (Å²) in [5.74, 6) is 0.0742. The van der Waals surface area contributed by atoms with E-state index in [0.29, 0.717) is 37.4 Å². The number of aliphatic hydroxyl groups excluding tert-OH is 1. The molecule has 2 aromatic heterocycles. The van der Waals surface area contributed by atoms with Crippen LogP contribution in [0.4, 0.5) is 24.8 Å². The fourth-order valence-corrected chi connectivity index (χ4v) is 3.42. The molecule has 1 saturated heterocycles. The summed E-state index contributed by atoms with van der Waals surface area (Å²) < 4.78 is 43.6. The molecule has 1 unspecified atom stereocenters. The number of H-pyrrole nitrogens is 1. The van der Waals surface area contributed by atoms with Gasteiger partial charge in [0, 0.05) is 44.1 Å². The zero-order chi connectivity index (χ0) is 25.6. The summed E-state index contributed by atoms with van der Waals surface area (Å²) >= 11 is 0. The van der Waals surface area contributed by atoms with Crippen molar-refractivity contribution in [3.8, 4) is 0 Å². The van der Waals surface area contributed by atoms with Crippen LogP contribution >= 0.6 is 0 Å². The lowest BCUT2D eigenvalue weighted by Crippen LogP contribution is -2.49. The molecule has 3 heterocycles. The minimum Gasteiger partial charge on any atom is -0.391 e. The average Bonchev–Trinajstić information content (AvgIpc) is 2.83. The van der Waals surface area contributed by atoms with Gasteiger partial charge in [0.1, 0.15) is 0 Å². The van der Waals surface area contributed by atoms with Gasteiger partial charge in [-0.05, 0) is 13.8 Å². The highest BCUT2D eigenvalue weighted by Gasteiger charge is 2.32. The first-order valence-electron chi connectivity index (χ1n) is 11.0. The number of aromatic amines is 1. The lowest BCUT2D eigenvalue weighted by Gasteiger charge is -2.34. The van der Waals surface area contributed by atoms with E-state index in [1.54, 1.807) is 23.6 Å². The van der Waals surface area contributed by atoms with Crippen LogP contribution in [0.15, 0.2) is 23.4 Å². The first-order valence-corrected chi connectivity index (χ1v) is 11.0. The second kappa shape index (κ2) is 11.4. The van der Waals surface area contributed by atoms with E-state index in [1.807, 2.05) is 0 Å². The van der Waals surface area contributed by atoms with Crippen LogP contribution in [0, 0.1) is 6.92 Å². The maximum absolute atomic E-state index is 12.7. The molecule has 3 N–H and O–H groups in total. The number of aromatic nitrogens is 4. The highest BCUT2D eigenvalue weighted by atomic mass is 19.4. The van der Waals surface area contributed by atoms with E-state index in [9.17, 15) is 27.9 Å². The van der Waals surface area contributed by atoms with E-state index in [-0.39, 0.29) is 37.0 Å². The van der Waals surface area contributed by atoms with E-state index in [1.165, 1.54) is 6.20 Å². The molecule has 3 rings (SSSR count). The molecule has 2 atom stereocenters. The summed E-state index contributed by atoms with van der Waals surface area (Å²) in [6.45, 7) is 5.03. The molecule has 2 aromatic rings. The fourth-order valence-electron chi connectivity index (χ4n) is 3.42. The molecule has 11 nitrogen and oxygen atoms in total. The molecule has 1 fully saturated rings. The Kier molecular flexibility index (Phi) is 8.62. The highest BCUT2D eigenvalue weighted by Crippen LogP contribution is 2.28. The number of alkyl halides is 3. The number of anilines is 2. The van der Waals surface area contributed by atoms with Crippen LogP contribution in [0.5, 0.6) is 0 Å². The Morgan fingerprint density at radius 3 is 2.49 bits per heavy atom. The molecule has 0 saturated carbocycles. The van der Waals surface area contributed by atoms with E-state index in [0.717, 1.165) is 12.4 Å². The van der Waals surface area contributed by atoms with Crippen LogP contribution in [-0.4, -0.2) is 87.6 Å². The van der Waals surface area contributed by atoms with Gasteiger partial charge in [0.2, 0.25) is 11.9 Å². The second-order valence-electron chi connectivity index (χ2n) is 8.19. The molecule has 35 heavy (non-hydrogen) atoms. The van der Waals surface area contributed by atoms with E-state index in [2.05, 4.69) is 25.5 Å². The van der Waals surface area contributed by atoms with Crippen molar-refractivity contribution < 1.29 is 27.8 Å². The van der Waals surface area contributed by atoms with Crippen LogP contribution < -0.4 is 15.8 Å². The van der Waals surface area contributed by atoms with Gasteiger partial charge in [0.25, 0.3) is 5.56 Å². The van der Waals surface area contributed by atoms with Crippen molar-refractivity contribution in [2.24, 2.45) is 0 Å². The van der Waals surface area contributed by atoms with Crippen molar-refractivity contribution in [1.82, 2.24) is 25.1 Å². The number of halogens is 3. The quantitative estimate of drug-likeness (QED) is 0.428. The largest absolute Gasteiger partial charge is 0.419 e. The Morgan fingerprint density at radius 1 is 1.23 bits per heavy atom. The summed E-state index contributed by atoms with van der Waals surface area (Å²) in [5, 5.41) is 19.1. The summed E-state index contributed by atoms with van der Waals surface area (Å²) in [6.07, 6.45) is -2.20. The number of rotatable bonds is 9. The zero-order valence-corrected chi connectivity index (χ0v) is 19.4. The topological polar surface area (TPSA) is 137 Å². The van der Waals surface area contributed by atoms with Crippen molar-refractivity contribution in [2.75, 3.05) is 49.6 Å². The molecule has 0 aromatic carbocycles. The number of carbonyl (C=O) groups is 1. The van der Waals surface area contributed by atoms with Crippen molar-refractivity contribution in [2.45, 2.75) is 38.6 Å². The van der Waals surface area contributed by atoms with Crippen molar-refractivity contribution >= 4 is 17.5 Å². The third-order valence-corrected chi connectivity index (χ3v) is 5.67. The smallest absolute Gasteiger partial charge is 0.391 e. The SMILES string of the molecule is Cc1c(N[C@H](COCCC(=O)N2CCN(c3ncc(C(F)(F)F)cn3)CC2)C(C)O)cn[nH]c1=O. The monoisotopic (exact) mass is 499 g/mol. The molecule has 0 bridgehead atoms. The second-order valence-corrected chi connectivity index (χ2v) is 8.19. The van der Waals surface area contributed by atoms with Crippen LogP contribution in [0.3, 0.4) is 0 Å². The number of hydrogen-bond acceptors (Lipinski definition) is 9. The van der Waals surface area contributed by atoms with Gasteiger partial charge in [-0.3, -0.25) is 9.59 Å². The van der Waals surface area contributed by atoms with E-state index >= 15 is 0 Å². The molecule has 0 spiro atoms. The van der Waals surface area contributed by atoms with Gasteiger partial charge >= 0.3 is 6.18 Å². The number of aliphatic hydroxyl groups is 1.